The Morgan fingerprint density at radius 1 is 1.26 bits per heavy atom. The molecule has 1 unspecified atom stereocenters. The Hall–Kier alpha value is -1.44. The number of carboxylic acids is 1. The molecule has 8 heteroatoms. The number of aliphatic carboxylic acids is 1. The molecule has 0 aliphatic rings. The highest BCUT2D eigenvalue weighted by molar-refractivity contribution is 7.98. The summed E-state index contributed by atoms with van der Waals surface area (Å²) in [5, 5.41) is 16.2. The molecule has 0 heterocycles. The zero-order chi connectivity index (χ0) is 14.8. The van der Waals surface area contributed by atoms with Crippen LogP contribution in [0, 0.1) is 0 Å². The first-order chi connectivity index (χ1) is 8.92. The predicted octanol–water partition coefficient (Wildman–Crippen LogP) is 0.0165. The van der Waals surface area contributed by atoms with Crippen molar-refractivity contribution in [3.63, 3.8) is 0 Å². The molecule has 0 fully saturated rings. The zero-order valence-electron chi connectivity index (χ0n) is 11.4. The summed E-state index contributed by atoms with van der Waals surface area (Å²) < 4.78 is 0. The lowest BCUT2D eigenvalue weighted by molar-refractivity contribution is -0.139. The number of hydrogen-bond donors (Lipinski definition) is 4. The number of carbonyl (C=O) groups excluding carboxylic acids is 2. The number of amides is 3. The van der Waals surface area contributed by atoms with E-state index in [1.54, 1.807) is 6.92 Å². The average Bonchev–Trinajstić information content (AvgIpc) is 2.34. The molecule has 4 N–H and O–H groups in total. The number of thioether (sulfide) groups is 1. The summed E-state index contributed by atoms with van der Waals surface area (Å²) in [7, 11) is 0. The number of nitrogens with one attached hydrogen (secondary N) is 3. The molecule has 7 nitrogen and oxygen atoms in total. The summed E-state index contributed by atoms with van der Waals surface area (Å²) in [6.45, 7) is 3.77. The van der Waals surface area contributed by atoms with Gasteiger partial charge in [-0.3, -0.25) is 4.79 Å². The average molecular weight is 291 g/mol. The Bertz CT molecular complexity index is 325. The maximum absolute atomic E-state index is 11.6. The van der Waals surface area contributed by atoms with Gasteiger partial charge in [0.15, 0.2) is 0 Å². The van der Waals surface area contributed by atoms with Crippen LogP contribution in [0.5, 0.6) is 0 Å². The second kappa shape index (κ2) is 9.48. The van der Waals surface area contributed by atoms with Crippen molar-refractivity contribution in [3.05, 3.63) is 0 Å². The minimum atomic E-state index is -1.09. The highest BCUT2D eigenvalue weighted by Gasteiger charge is 2.21. The molecule has 0 aromatic rings. The molecule has 0 saturated heterocycles. The van der Waals surface area contributed by atoms with Gasteiger partial charge < -0.3 is 21.1 Å². The van der Waals surface area contributed by atoms with Gasteiger partial charge in [0, 0.05) is 6.54 Å². The van der Waals surface area contributed by atoms with Crippen LogP contribution in [0.4, 0.5) is 4.79 Å². The molecular weight excluding hydrogens is 270 g/mol. The first-order valence-corrected chi connectivity index (χ1v) is 7.38. The van der Waals surface area contributed by atoms with E-state index in [2.05, 4.69) is 16.0 Å². The van der Waals surface area contributed by atoms with Crippen molar-refractivity contribution >= 4 is 29.7 Å². The van der Waals surface area contributed by atoms with E-state index in [1.807, 2.05) is 6.26 Å². The van der Waals surface area contributed by atoms with Gasteiger partial charge in [0.05, 0.1) is 0 Å². The van der Waals surface area contributed by atoms with Crippen LogP contribution in [-0.2, 0) is 9.59 Å². The van der Waals surface area contributed by atoms with Gasteiger partial charge in [-0.25, -0.2) is 9.59 Å². The Labute approximate surface area is 116 Å². The van der Waals surface area contributed by atoms with Crippen molar-refractivity contribution in [1.29, 1.82) is 0 Å². The van der Waals surface area contributed by atoms with Crippen LogP contribution in [0.3, 0.4) is 0 Å². The third-order valence-electron chi connectivity index (χ3n) is 2.31. The lowest BCUT2D eigenvalue weighted by Gasteiger charge is -2.17. The largest absolute Gasteiger partial charge is 0.480 e. The molecule has 0 rings (SSSR count). The van der Waals surface area contributed by atoms with E-state index >= 15 is 0 Å². The van der Waals surface area contributed by atoms with Crippen molar-refractivity contribution in [1.82, 2.24) is 16.0 Å². The van der Waals surface area contributed by atoms with Gasteiger partial charge in [-0.15, -0.1) is 0 Å². The summed E-state index contributed by atoms with van der Waals surface area (Å²) in [5.41, 5.74) is 0. The highest BCUT2D eigenvalue weighted by Crippen LogP contribution is 2.01. The number of likely N-dealkylation sites (N-methyl/N-ethyl adjacent to an activating group) is 1. The van der Waals surface area contributed by atoms with Crippen molar-refractivity contribution < 1.29 is 19.5 Å². The second-order valence-corrected chi connectivity index (χ2v) is 4.89. The van der Waals surface area contributed by atoms with E-state index in [0.29, 0.717) is 18.7 Å². The molecule has 19 heavy (non-hydrogen) atoms. The van der Waals surface area contributed by atoms with Gasteiger partial charge in [-0.2, -0.15) is 11.8 Å². The monoisotopic (exact) mass is 291 g/mol. The van der Waals surface area contributed by atoms with Crippen molar-refractivity contribution in [3.8, 4) is 0 Å². The highest BCUT2D eigenvalue weighted by atomic mass is 32.2. The third-order valence-corrected chi connectivity index (χ3v) is 2.95. The van der Waals surface area contributed by atoms with Crippen LogP contribution in [0.1, 0.15) is 20.3 Å². The number of hydrogen-bond acceptors (Lipinski definition) is 4. The molecule has 0 aliphatic carbocycles. The maximum atomic E-state index is 11.6. The molecule has 0 aromatic heterocycles. The quantitative estimate of drug-likeness (QED) is 0.504. The van der Waals surface area contributed by atoms with Crippen molar-refractivity contribution in [2.24, 2.45) is 0 Å². The van der Waals surface area contributed by atoms with Gasteiger partial charge in [0.25, 0.3) is 0 Å². The van der Waals surface area contributed by atoms with Gasteiger partial charge in [-0.1, -0.05) is 0 Å². The van der Waals surface area contributed by atoms with Gasteiger partial charge in [0.2, 0.25) is 5.91 Å². The maximum Gasteiger partial charge on any atom is 0.326 e. The van der Waals surface area contributed by atoms with Crippen LogP contribution in [-0.4, -0.2) is 53.7 Å². The number of urea groups is 1. The van der Waals surface area contributed by atoms with Gasteiger partial charge in [-0.05, 0) is 32.3 Å². The SMILES string of the molecule is CCNC(=O)C(C)NC(=O)N[C@H](CCSC)C(=O)O. The van der Waals surface area contributed by atoms with E-state index in [0.717, 1.165) is 0 Å². The van der Waals surface area contributed by atoms with E-state index in [-0.39, 0.29) is 5.91 Å². The van der Waals surface area contributed by atoms with Crippen LogP contribution < -0.4 is 16.0 Å². The van der Waals surface area contributed by atoms with Crippen molar-refractivity contribution in [2.75, 3.05) is 18.6 Å². The normalized spacial score (nSPS) is 13.2. The lowest BCUT2D eigenvalue weighted by Crippen LogP contribution is -2.52. The molecule has 2 atom stereocenters. The summed E-state index contributed by atoms with van der Waals surface area (Å²) in [6.07, 6.45) is 2.19. The molecule has 3 amide bonds. The number of carboxylic acid groups (broad SMARTS) is 1. The number of rotatable bonds is 8. The molecule has 0 aromatic carbocycles. The minimum Gasteiger partial charge on any atom is -0.480 e. The molecule has 0 saturated carbocycles. The molecule has 0 radical (unpaired) electrons. The van der Waals surface area contributed by atoms with Crippen molar-refractivity contribution in [2.45, 2.75) is 32.4 Å². The van der Waals surface area contributed by atoms with E-state index in [9.17, 15) is 14.4 Å². The fourth-order valence-corrected chi connectivity index (χ4v) is 1.75. The predicted molar refractivity (Wildman–Crippen MR) is 74.2 cm³/mol. The fraction of sp³-hybridized carbons (Fsp3) is 0.727. The standard InChI is InChI=1S/C11H21N3O4S/c1-4-12-9(15)7(2)13-11(18)14-8(10(16)17)5-6-19-3/h7-8H,4-6H2,1-3H3,(H,12,15)(H,16,17)(H2,13,14,18)/t7?,8-/m1/s1. The molecular formula is C11H21N3O4S. The lowest BCUT2D eigenvalue weighted by atomic mass is 10.2. The Kier molecular flexibility index (Phi) is 8.77. The summed E-state index contributed by atoms with van der Waals surface area (Å²) in [5.74, 6) is -0.771. The molecule has 0 bridgehead atoms. The van der Waals surface area contributed by atoms with Crippen LogP contribution in [0.2, 0.25) is 0 Å². The molecule has 110 valence electrons. The molecule has 0 aliphatic heterocycles. The first-order valence-electron chi connectivity index (χ1n) is 5.98. The summed E-state index contributed by atoms with van der Waals surface area (Å²) in [4.78, 5) is 33.9. The molecule has 0 spiro atoms. The van der Waals surface area contributed by atoms with E-state index in [1.165, 1.54) is 18.7 Å². The Morgan fingerprint density at radius 3 is 2.37 bits per heavy atom. The third kappa shape index (κ3) is 7.55. The van der Waals surface area contributed by atoms with Gasteiger partial charge in [0.1, 0.15) is 12.1 Å². The Balaban J connectivity index is 4.25. The Morgan fingerprint density at radius 2 is 1.89 bits per heavy atom. The van der Waals surface area contributed by atoms with Crippen LogP contribution in [0.25, 0.3) is 0 Å². The summed E-state index contributed by atoms with van der Waals surface area (Å²) >= 11 is 1.50. The van der Waals surface area contributed by atoms with Gasteiger partial charge >= 0.3 is 12.0 Å². The zero-order valence-corrected chi connectivity index (χ0v) is 12.2. The summed E-state index contributed by atoms with van der Waals surface area (Å²) in [6, 6.07) is -2.32. The van der Waals surface area contributed by atoms with E-state index in [4.69, 9.17) is 5.11 Å². The second-order valence-electron chi connectivity index (χ2n) is 3.91. The minimum absolute atomic E-state index is 0.311. The van der Waals surface area contributed by atoms with Crippen LogP contribution in [0.15, 0.2) is 0 Å². The first kappa shape index (κ1) is 17.6. The fourth-order valence-electron chi connectivity index (χ4n) is 1.28. The topological polar surface area (TPSA) is 108 Å². The smallest absolute Gasteiger partial charge is 0.326 e. The van der Waals surface area contributed by atoms with Crippen LogP contribution >= 0.6 is 11.8 Å². The van der Waals surface area contributed by atoms with E-state index < -0.39 is 24.1 Å². The number of carbonyl (C=O) groups is 3.